The van der Waals surface area contributed by atoms with E-state index in [0.29, 0.717) is 5.92 Å². The molecular formula is C13H17N3S. The van der Waals surface area contributed by atoms with E-state index in [4.69, 9.17) is 0 Å². The van der Waals surface area contributed by atoms with Crippen LogP contribution >= 0.6 is 11.3 Å². The maximum Gasteiger partial charge on any atom is 0.173 e. The lowest BCUT2D eigenvalue weighted by molar-refractivity contribution is 0.525. The number of fused-ring (bicyclic) bond motifs is 1. The van der Waals surface area contributed by atoms with E-state index < -0.39 is 0 Å². The summed E-state index contributed by atoms with van der Waals surface area (Å²) in [6, 6.07) is 2.31. The molecule has 2 aromatic rings. The molecule has 2 aromatic heterocycles. The maximum atomic E-state index is 4.28. The fraction of sp³-hybridized carbons (Fsp3) is 0.538. The van der Waals surface area contributed by atoms with E-state index >= 15 is 0 Å². The Morgan fingerprint density at radius 1 is 1.41 bits per heavy atom. The maximum absolute atomic E-state index is 4.28. The Balaban J connectivity index is 1.95. The Kier molecular flexibility index (Phi) is 2.74. The van der Waals surface area contributed by atoms with Gasteiger partial charge in [-0.15, -0.1) is 21.5 Å². The zero-order valence-corrected chi connectivity index (χ0v) is 11.1. The molecule has 0 fully saturated rings. The standard InChI is InChI=1S/C13H17N3S/c1-9(2)7-16-8-14-15-13(16)12-6-10-4-3-5-11(10)17-12/h6,8-9H,3-5,7H2,1-2H3. The Morgan fingerprint density at radius 2 is 2.29 bits per heavy atom. The summed E-state index contributed by atoms with van der Waals surface area (Å²) < 4.78 is 2.17. The molecule has 3 rings (SSSR count). The molecule has 2 heterocycles. The summed E-state index contributed by atoms with van der Waals surface area (Å²) in [5.74, 6) is 1.66. The molecule has 0 bridgehead atoms. The van der Waals surface area contributed by atoms with Crippen LogP contribution in [0.25, 0.3) is 10.7 Å². The van der Waals surface area contributed by atoms with Crippen LogP contribution in [0, 0.1) is 5.92 Å². The summed E-state index contributed by atoms with van der Waals surface area (Å²) in [5, 5.41) is 8.33. The van der Waals surface area contributed by atoms with Crippen molar-refractivity contribution >= 4 is 11.3 Å². The molecule has 0 aromatic carbocycles. The zero-order valence-electron chi connectivity index (χ0n) is 10.3. The molecule has 0 radical (unpaired) electrons. The molecule has 17 heavy (non-hydrogen) atoms. The lowest BCUT2D eigenvalue weighted by Gasteiger charge is -2.07. The largest absolute Gasteiger partial charge is 0.313 e. The minimum absolute atomic E-state index is 0.622. The Labute approximate surface area is 106 Å². The van der Waals surface area contributed by atoms with Crippen molar-refractivity contribution in [2.45, 2.75) is 39.7 Å². The van der Waals surface area contributed by atoms with Crippen molar-refractivity contribution in [3.8, 4) is 10.7 Å². The molecule has 0 saturated carbocycles. The molecule has 3 nitrogen and oxygen atoms in total. The van der Waals surface area contributed by atoms with Gasteiger partial charge in [0.15, 0.2) is 5.82 Å². The molecule has 0 N–H and O–H groups in total. The van der Waals surface area contributed by atoms with Crippen molar-refractivity contribution in [1.29, 1.82) is 0 Å². The third-order valence-electron chi connectivity index (χ3n) is 3.14. The van der Waals surface area contributed by atoms with Crippen LogP contribution < -0.4 is 0 Å². The number of thiophene rings is 1. The SMILES string of the molecule is CC(C)Cn1cnnc1-c1cc2c(s1)CCC2. The molecule has 90 valence electrons. The normalized spacial score (nSPS) is 14.5. The van der Waals surface area contributed by atoms with Crippen LogP contribution in [0.3, 0.4) is 0 Å². The van der Waals surface area contributed by atoms with Crippen LogP contribution in [0.1, 0.15) is 30.7 Å². The van der Waals surface area contributed by atoms with Gasteiger partial charge in [-0.3, -0.25) is 0 Å². The Bertz CT molecular complexity index is 503. The van der Waals surface area contributed by atoms with Gasteiger partial charge in [0.25, 0.3) is 0 Å². The summed E-state index contributed by atoms with van der Waals surface area (Å²) in [6.45, 7) is 5.43. The monoisotopic (exact) mass is 247 g/mol. The van der Waals surface area contributed by atoms with E-state index in [1.165, 1.54) is 29.7 Å². The lowest BCUT2D eigenvalue weighted by atomic mass is 10.2. The van der Waals surface area contributed by atoms with Gasteiger partial charge in [0, 0.05) is 11.4 Å². The molecule has 0 unspecified atom stereocenters. The zero-order chi connectivity index (χ0) is 11.8. The fourth-order valence-electron chi connectivity index (χ4n) is 2.41. The Hall–Kier alpha value is -1.16. The minimum Gasteiger partial charge on any atom is -0.313 e. The number of rotatable bonds is 3. The number of hydrogen-bond acceptors (Lipinski definition) is 3. The van der Waals surface area contributed by atoms with Gasteiger partial charge >= 0.3 is 0 Å². The highest BCUT2D eigenvalue weighted by molar-refractivity contribution is 7.15. The van der Waals surface area contributed by atoms with Gasteiger partial charge < -0.3 is 4.57 Å². The van der Waals surface area contributed by atoms with E-state index in [2.05, 4.69) is 34.7 Å². The summed E-state index contributed by atoms with van der Waals surface area (Å²) in [4.78, 5) is 2.84. The van der Waals surface area contributed by atoms with Crippen LogP contribution in [0.15, 0.2) is 12.4 Å². The van der Waals surface area contributed by atoms with E-state index in [1.54, 1.807) is 4.88 Å². The summed E-state index contributed by atoms with van der Waals surface area (Å²) in [6.07, 6.45) is 5.66. The second-order valence-electron chi connectivity index (χ2n) is 5.11. The Morgan fingerprint density at radius 3 is 3.06 bits per heavy atom. The highest BCUT2D eigenvalue weighted by atomic mass is 32.1. The van der Waals surface area contributed by atoms with Crippen molar-refractivity contribution in [1.82, 2.24) is 14.8 Å². The molecule has 1 aliphatic carbocycles. The molecule has 0 aliphatic heterocycles. The van der Waals surface area contributed by atoms with Gasteiger partial charge in [0.1, 0.15) is 6.33 Å². The molecule has 4 heteroatoms. The first-order chi connectivity index (χ1) is 8.24. The third kappa shape index (κ3) is 2.02. The van der Waals surface area contributed by atoms with Gasteiger partial charge in [-0.1, -0.05) is 13.8 Å². The number of hydrogen-bond donors (Lipinski definition) is 0. The quantitative estimate of drug-likeness (QED) is 0.834. The van der Waals surface area contributed by atoms with Crippen LogP contribution in [0.2, 0.25) is 0 Å². The number of nitrogens with zero attached hydrogens (tertiary/aromatic N) is 3. The van der Waals surface area contributed by atoms with E-state index in [0.717, 1.165) is 12.4 Å². The molecule has 0 atom stereocenters. The van der Waals surface area contributed by atoms with Crippen molar-refractivity contribution in [2.24, 2.45) is 5.92 Å². The van der Waals surface area contributed by atoms with E-state index in [1.807, 2.05) is 17.7 Å². The smallest absolute Gasteiger partial charge is 0.173 e. The van der Waals surface area contributed by atoms with E-state index in [-0.39, 0.29) is 0 Å². The molecule has 0 saturated heterocycles. The summed E-state index contributed by atoms with van der Waals surface area (Å²) in [7, 11) is 0. The third-order valence-corrected chi connectivity index (χ3v) is 4.38. The average molecular weight is 247 g/mol. The van der Waals surface area contributed by atoms with Crippen LogP contribution in [-0.4, -0.2) is 14.8 Å². The van der Waals surface area contributed by atoms with Gasteiger partial charge in [-0.25, -0.2) is 0 Å². The van der Waals surface area contributed by atoms with Crippen molar-refractivity contribution in [3.05, 3.63) is 22.8 Å². The number of aryl methyl sites for hydroxylation is 2. The predicted octanol–water partition coefficient (Wildman–Crippen LogP) is 3.15. The second-order valence-corrected chi connectivity index (χ2v) is 6.25. The highest BCUT2D eigenvalue weighted by Crippen LogP contribution is 2.35. The van der Waals surface area contributed by atoms with Crippen molar-refractivity contribution < 1.29 is 0 Å². The molecular weight excluding hydrogens is 230 g/mol. The van der Waals surface area contributed by atoms with Gasteiger partial charge in [-0.05, 0) is 36.8 Å². The summed E-state index contributed by atoms with van der Waals surface area (Å²) in [5.41, 5.74) is 1.53. The van der Waals surface area contributed by atoms with Crippen molar-refractivity contribution in [3.63, 3.8) is 0 Å². The van der Waals surface area contributed by atoms with Gasteiger partial charge in [0.05, 0.1) is 4.88 Å². The van der Waals surface area contributed by atoms with Crippen LogP contribution in [0.5, 0.6) is 0 Å². The number of aromatic nitrogens is 3. The first-order valence-electron chi connectivity index (χ1n) is 6.24. The predicted molar refractivity (Wildman–Crippen MR) is 70.2 cm³/mol. The highest BCUT2D eigenvalue weighted by Gasteiger charge is 2.18. The van der Waals surface area contributed by atoms with Crippen LogP contribution in [0.4, 0.5) is 0 Å². The van der Waals surface area contributed by atoms with Gasteiger partial charge in [-0.2, -0.15) is 0 Å². The first-order valence-corrected chi connectivity index (χ1v) is 7.05. The van der Waals surface area contributed by atoms with Gasteiger partial charge in [0.2, 0.25) is 0 Å². The van der Waals surface area contributed by atoms with Crippen molar-refractivity contribution in [2.75, 3.05) is 0 Å². The minimum atomic E-state index is 0.622. The fourth-order valence-corrected chi connectivity index (χ4v) is 3.67. The van der Waals surface area contributed by atoms with Crippen LogP contribution in [-0.2, 0) is 19.4 Å². The lowest BCUT2D eigenvalue weighted by Crippen LogP contribution is -2.04. The summed E-state index contributed by atoms with van der Waals surface area (Å²) >= 11 is 1.90. The molecule has 1 aliphatic rings. The molecule has 0 amide bonds. The second kappa shape index (κ2) is 4.26. The molecule has 0 spiro atoms. The average Bonchev–Trinajstić information content (AvgIpc) is 2.87. The topological polar surface area (TPSA) is 30.7 Å². The van der Waals surface area contributed by atoms with E-state index in [9.17, 15) is 0 Å². The first kappa shape index (κ1) is 11.0.